The fourth-order valence-corrected chi connectivity index (χ4v) is 6.14. The second-order valence-electron chi connectivity index (χ2n) is 11.6. The lowest BCUT2D eigenvalue weighted by Crippen LogP contribution is -2.48. The van der Waals surface area contributed by atoms with Crippen molar-refractivity contribution in [2.45, 2.75) is 53.9 Å². The third-order valence-corrected chi connectivity index (χ3v) is 7.38. The third-order valence-electron chi connectivity index (χ3n) is 7.38. The summed E-state index contributed by atoms with van der Waals surface area (Å²) in [5.74, 6) is 0.343. The molecule has 0 N–H and O–H groups in total. The molecule has 2 aliphatic heterocycles. The molecular weight excluding hydrogens is 410 g/mol. The number of Topliss-reactive ketones (excluding diaryl/α,β-unsaturated/α-hetero) is 1. The summed E-state index contributed by atoms with van der Waals surface area (Å²) in [6.45, 7) is 19.5. The van der Waals surface area contributed by atoms with E-state index in [1.54, 1.807) is 0 Å². The number of morpholine rings is 1. The second kappa shape index (κ2) is 9.79. The number of piperazine rings is 1. The minimum absolute atomic E-state index is 0.197. The fraction of sp³-hybridized carbons (Fsp3) is 0.679. The number of ether oxygens (including phenoxy) is 1. The van der Waals surface area contributed by atoms with Gasteiger partial charge >= 0.3 is 0 Å². The summed E-state index contributed by atoms with van der Waals surface area (Å²) in [7, 11) is 0. The van der Waals surface area contributed by atoms with Crippen LogP contribution in [0.1, 0.15) is 59.4 Å². The summed E-state index contributed by atoms with van der Waals surface area (Å²) in [4.78, 5) is 19.2. The number of benzene rings is 1. The molecule has 2 fully saturated rings. The molecular formula is C28H43N3O2. The number of hydrogen-bond acceptors (Lipinski definition) is 5. The quantitative estimate of drug-likeness (QED) is 0.615. The van der Waals surface area contributed by atoms with Gasteiger partial charge in [0, 0.05) is 62.6 Å². The maximum absolute atomic E-state index is 11.9. The van der Waals surface area contributed by atoms with Gasteiger partial charge in [-0.25, -0.2) is 0 Å². The number of carbonyl (C=O) groups is 1. The normalized spacial score (nSPS) is 23.4. The van der Waals surface area contributed by atoms with Crippen molar-refractivity contribution in [3.8, 4) is 0 Å². The largest absolute Gasteiger partial charge is 0.378 e. The van der Waals surface area contributed by atoms with Gasteiger partial charge in [0.15, 0.2) is 0 Å². The molecule has 1 aromatic carbocycles. The Hall–Kier alpha value is -1.85. The van der Waals surface area contributed by atoms with Crippen LogP contribution >= 0.6 is 0 Å². The molecule has 5 nitrogen and oxygen atoms in total. The van der Waals surface area contributed by atoms with Gasteiger partial charge in [-0.1, -0.05) is 40.7 Å². The summed E-state index contributed by atoms with van der Waals surface area (Å²) in [5, 5.41) is 0. The Bertz CT molecular complexity index is 875. The number of hydrogen-bond donors (Lipinski definition) is 0. The van der Waals surface area contributed by atoms with Crippen LogP contribution < -0.4 is 9.80 Å². The van der Waals surface area contributed by atoms with Gasteiger partial charge in [-0.15, -0.1) is 0 Å². The Kier molecular flexibility index (Phi) is 7.20. The average molecular weight is 454 g/mol. The highest BCUT2D eigenvalue weighted by Crippen LogP contribution is 2.49. The molecule has 0 saturated carbocycles. The first-order valence-electron chi connectivity index (χ1n) is 12.8. The zero-order chi connectivity index (χ0) is 23.6. The maximum Gasteiger partial charge on any atom is 0.146 e. The Balaban J connectivity index is 1.64. The van der Waals surface area contributed by atoms with E-state index in [1.807, 2.05) is 6.92 Å². The van der Waals surface area contributed by atoms with E-state index in [9.17, 15) is 4.79 Å². The summed E-state index contributed by atoms with van der Waals surface area (Å²) in [5.41, 5.74) is 6.05. The van der Waals surface area contributed by atoms with E-state index in [-0.39, 0.29) is 5.41 Å². The molecule has 5 heteroatoms. The first-order chi connectivity index (χ1) is 15.7. The highest BCUT2D eigenvalue weighted by Gasteiger charge is 2.35. The van der Waals surface area contributed by atoms with Crippen LogP contribution in [0, 0.1) is 10.8 Å². The molecule has 0 aromatic heterocycles. The Morgan fingerprint density at radius 2 is 1.67 bits per heavy atom. The molecule has 33 heavy (non-hydrogen) atoms. The number of allylic oxidation sites excluding steroid dienone is 2. The standard InChI is InChI=1S/C28H43N3O2/c1-6-24(32)20-29-9-11-31(12-10-29)26-8-7-23(30-13-15-33-16-14-30)17-25(26)22-18-27(2,3)21-28(4,5)19-22/h7-8,17-18H,6,9-16,19-21H2,1-5H3. The zero-order valence-electron chi connectivity index (χ0n) is 21.5. The van der Waals surface area contributed by atoms with Gasteiger partial charge in [0.1, 0.15) is 5.78 Å². The van der Waals surface area contributed by atoms with Gasteiger partial charge in [-0.2, -0.15) is 0 Å². The van der Waals surface area contributed by atoms with E-state index in [0.717, 1.165) is 58.9 Å². The van der Waals surface area contributed by atoms with Gasteiger partial charge in [0.05, 0.1) is 19.8 Å². The molecule has 0 amide bonds. The SMILES string of the molecule is CCC(=O)CN1CCN(c2ccc(N3CCOCC3)cc2C2=CC(C)(C)CC(C)(C)C2)CC1. The monoisotopic (exact) mass is 453 g/mol. The van der Waals surface area contributed by atoms with E-state index in [0.29, 0.717) is 24.2 Å². The number of nitrogens with zero attached hydrogens (tertiary/aromatic N) is 3. The molecule has 1 aromatic rings. The summed E-state index contributed by atoms with van der Waals surface area (Å²) in [6, 6.07) is 7.09. The van der Waals surface area contributed by atoms with Crippen molar-refractivity contribution >= 4 is 22.7 Å². The molecule has 0 bridgehead atoms. The van der Waals surface area contributed by atoms with Crippen molar-refractivity contribution in [1.29, 1.82) is 0 Å². The molecule has 0 spiro atoms. The van der Waals surface area contributed by atoms with Gasteiger partial charge in [-0.3, -0.25) is 9.69 Å². The van der Waals surface area contributed by atoms with Crippen molar-refractivity contribution in [2.24, 2.45) is 10.8 Å². The lowest BCUT2D eigenvalue weighted by molar-refractivity contribution is -0.119. The lowest BCUT2D eigenvalue weighted by Gasteiger charge is -2.42. The minimum Gasteiger partial charge on any atom is -0.378 e. The van der Waals surface area contributed by atoms with E-state index in [2.05, 4.69) is 66.7 Å². The summed E-state index contributed by atoms with van der Waals surface area (Å²) < 4.78 is 5.60. The molecule has 4 rings (SSSR count). The van der Waals surface area contributed by atoms with Gasteiger partial charge in [0.2, 0.25) is 0 Å². The van der Waals surface area contributed by atoms with Gasteiger partial charge < -0.3 is 14.5 Å². The third kappa shape index (κ3) is 5.99. The summed E-state index contributed by atoms with van der Waals surface area (Å²) >= 11 is 0. The van der Waals surface area contributed by atoms with Gasteiger partial charge in [0.25, 0.3) is 0 Å². The van der Waals surface area contributed by atoms with E-state index < -0.39 is 0 Å². The van der Waals surface area contributed by atoms with Crippen molar-refractivity contribution < 1.29 is 9.53 Å². The van der Waals surface area contributed by atoms with Crippen LogP contribution in [0.4, 0.5) is 11.4 Å². The van der Waals surface area contributed by atoms with Crippen LogP contribution in [0.15, 0.2) is 24.3 Å². The summed E-state index contributed by atoms with van der Waals surface area (Å²) in [6.07, 6.45) is 5.50. The molecule has 0 radical (unpaired) electrons. The van der Waals surface area contributed by atoms with Crippen molar-refractivity contribution in [3.63, 3.8) is 0 Å². The van der Waals surface area contributed by atoms with Crippen LogP contribution in [0.25, 0.3) is 5.57 Å². The molecule has 182 valence electrons. The fourth-order valence-electron chi connectivity index (χ4n) is 6.14. The predicted molar refractivity (Wildman–Crippen MR) is 138 cm³/mol. The zero-order valence-corrected chi connectivity index (χ0v) is 21.5. The van der Waals surface area contributed by atoms with Crippen LogP contribution in [-0.4, -0.2) is 69.7 Å². The number of carbonyl (C=O) groups excluding carboxylic acids is 1. The van der Waals surface area contributed by atoms with Crippen molar-refractivity contribution in [1.82, 2.24) is 4.90 Å². The van der Waals surface area contributed by atoms with Crippen molar-refractivity contribution in [2.75, 3.05) is 68.8 Å². The van der Waals surface area contributed by atoms with E-state index in [1.165, 1.54) is 28.9 Å². The van der Waals surface area contributed by atoms with Gasteiger partial charge in [-0.05, 0) is 47.4 Å². The molecule has 0 atom stereocenters. The Labute approximate surface area is 200 Å². The second-order valence-corrected chi connectivity index (χ2v) is 11.6. The lowest BCUT2D eigenvalue weighted by atomic mass is 9.65. The first-order valence-corrected chi connectivity index (χ1v) is 12.8. The smallest absolute Gasteiger partial charge is 0.146 e. The van der Waals surface area contributed by atoms with Crippen LogP contribution in [0.2, 0.25) is 0 Å². The maximum atomic E-state index is 11.9. The highest BCUT2D eigenvalue weighted by molar-refractivity contribution is 5.82. The molecule has 1 aliphatic carbocycles. The average Bonchev–Trinajstić information content (AvgIpc) is 2.78. The number of rotatable bonds is 6. The number of ketones is 1. The Morgan fingerprint density at radius 1 is 0.970 bits per heavy atom. The molecule has 2 saturated heterocycles. The van der Waals surface area contributed by atoms with Crippen LogP contribution in [-0.2, 0) is 9.53 Å². The van der Waals surface area contributed by atoms with E-state index in [4.69, 9.17) is 4.74 Å². The first kappa shape index (κ1) is 24.3. The highest BCUT2D eigenvalue weighted by atomic mass is 16.5. The van der Waals surface area contributed by atoms with Crippen molar-refractivity contribution in [3.05, 3.63) is 29.8 Å². The molecule has 0 unspecified atom stereocenters. The topological polar surface area (TPSA) is 36.0 Å². The van der Waals surface area contributed by atoms with Crippen LogP contribution in [0.3, 0.4) is 0 Å². The number of anilines is 2. The van der Waals surface area contributed by atoms with Crippen LogP contribution in [0.5, 0.6) is 0 Å². The minimum atomic E-state index is 0.197. The molecule has 3 aliphatic rings. The van der Waals surface area contributed by atoms with E-state index >= 15 is 0 Å². The molecule has 2 heterocycles. The predicted octanol–water partition coefficient (Wildman–Crippen LogP) is 4.85. The Morgan fingerprint density at radius 3 is 2.30 bits per heavy atom.